The molecule has 0 radical (unpaired) electrons. The molecular formula is C15H10F8O4. The number of para-hydroxylation sites is 1. The van der Waals surface area contributed by atoms with E-state index >= 15 is 0 Å². The zero-order valence-electron chi connectivity index (χ0n) is 13.0. The third kappa shape index (κ3) is 6.87. The van der Waals surface area contributed by atoms with E-state index in [4.69, 9.17) is 0 Å². The Morgan fingerprint density at radius 2 is 1.44 bits per heavy atom. The van der Waals surface area contributed by atoms with Gasteiger partial charge < -0.3 is 9.47 Å². The highest BCUT2D eigenvalue weighted by atomic mass is 19.4. The number of rotatable bonds is 7. The van der Waals surface area contributed by atoms with Gasteiger partial charge in [-0.15, -0.1) is 0 Å². The van der Waals surface area contributed by atoms with Crippen molar-refractivity contribution in [3.63, 3.8) is 0 Å². The lowest BCUT2D eigenvalue weighted by molar-refractivity contribution is -0.349. The first-order valence-electron chi connectivity index (χ1n) is 6.89. The number of hydrogen-bond acceptors (Lipinski definition) is 4. The van der Waals surface area contributed by atoms with Crippen LogP contribution < -0.4 is 4.74 Å². The minimum absolute atomic E-state index is 0.00445. The highest BCUT2D eigenvalue weighted by Gasteiger charge is 2.66. The summed E-state index contributed by atoms with van der Waals surface area (Å²) in [6.07, 6.45) is -18.4. The van der Waals surface area contributed by atoms with Crippen LogP contribution in [0.5, 0.6) is 5.75 Å². The van der Waals surface area contributed by atoms with Crippen molar-refractivity contribution in [1.29, 1.82) is 0 Å². The molecule has 1 rings (SSSR count). The van der Waals surface area contributed by atoms with Crippen LogP contribution >= 0.6 is 0 Å². The second-order valence-corrected chi connectivity index (χ2v) is 4.92. The van der Waals surface area contributed by atoms with E-state index < -0.39 is 42.7 Å². The van der Waals surface area contributed by atoms with Gasteiger partial charge in [0, 0.05) is 12.2 Å². The van der Waals surface area contributed by atoms with Crippen molar-refractivity contribution < 1.29 is 54.2 Å². The molecule has 1 aromatic carbocycles. The van der Waals surface area contributed by atoms with E-state index in [0.29, 0.717) is 0 Å². The molecule has 0 amide bonds. The SMILES string of the molecule is O=C(C=CC(=O)OC(F)(F)C(F)(F)C(F)CC(F)(F)F)Oc1ccccc1. The molecule has 0 spiro atoms. The molecule has 27 heavy (non-hydrogen) atoms. The molecule has 0 saturated carbocycles. The van der Waals surface area contributed by atoms with Crippen LogP contribution in [0.2, 0.25) is 0 Å². The Bertz CT molecular complexity index is 685. The number of benzene rings is 1. The first-order chi connectivity index (χ1) is 12.2. The summed E-state index contributed by atoms with van der Waals surface area (Å²) in [7, 11) is 0. The van der Waals surface area contributed by atoms with Gasteiger partial charge in [0.05, 0.1) is 6.42 Å². The lowest BCUT2D eigenvalue weighted by atomic mass is 10.1. The monoisotopic (exact) mass is 406 g/mol. The lowest BCUT2D eigenvalue weighted by Gasteiger charge is -2.28. The second-order valence-electron chi connectivity index (χ2n) is 4.92. The van der Waals surface area contributed by atoms with Gasteiger partial charge in [0.1, 0.15) is 5.75 Å². The van der Waals surface area contributed by atoms with Gasteiger partial charge in [-0.05, 0) is 12.1 Å². The molecule has 0 fully saturated rings. The Morgan fingerprint density at radius 1 is 0.926 bits per heavy atom. The summed E-state index contributed by atoms with van der Waals surface area (Å²) in [6, 6.07) is 7.15. The van der Waals surface area contributed by atoms with E-state index in [1.165, 1.54) is 24.3 Å². The number of ether oxygens (including phenoxy) is 2. The molecule has 1 atom stereocenters. The van der Waals surface area contributed by atoms with Gasteiger partial charge in [-0.25, -0.2) is 14.0 Å². The molecule has 0 bridgehead atoms. The Kier molecular flexibility index (Phi) is 6.93. The maximum absolute atomic E-state index is 13.2. The van der Waals surface area contributed by atoms with E-state index in [1.54, 1.807) is 6.07 Å². The molecule has 0 aliphatic rings. The van der Waals surface area contributed by atoms with Crippen LogP contribution in [0, 0.1) is 0 Å². The smallest absolute Gasteiger partial charge is 0.423 e. The van der Waals surface area contributed by atoms with Crippen LogP contribution in [0.25, 0.3) is 0 Å². The molecule has 0 aliphatic carbocycles. The summed E-state index contributed by atoms with van der Waals surface area (Å²) in [4.78, 5) is 22.4. The van der Waals surface area contributed by atoms with Crippen molar-refractivity contribution in [1.82, 2.24) is 0 Å². The number of esters is 2. The van der Waals surface area contributed by atoms with Crippen molar-refractivity contribution >= 4 is 11.9 Å². The first kappa shape index (κ1) is 22.4. The van der Waals surface area contributed by atoms with Crippen molar-refractivity contribution in [2.24, 2.45) is 0 Å². The van der Waals surface area contributed by atoms with Gasteiger partial charge in [-0.2, -0.15) is 30.7 Å². The molecule has 150 valence electrons. The minimum atomic E-state index is -5.96. The van der Waals surface area contributed by atoms with Crippen LogP contribution in [-0.4, -0.2) is 36.3 Å². The third-order valence-electron chi connectivity index (χ3n) is 2.74. The minimum Gasteiger partial charge on any atom is -0.423 e. The van der Waals surface area contributed by atoms with Gasteiger partial charge >= 0.3 is 30.1 Å². The quantitative estimate of drug-likeness (QED) is 0.295. The average Bonchev–Trinajstić information content (AvgIpc) is 2.51. The molecule has 0 saturated heterocycles. The lowest BCUT2D eigenvalue weighted by Crippen LogP contribution is -2.51. The van der Waals surface area contributed by atoms with Gasteiger partial charge in [-0.3, -0.25) is 0 Å². The Hall–Kier alpha value is -2.66. The summed E-state index contributed by atoms with van der Waals surface area (Å²) < 4.78 is 109. The van der Waals surface area contributed by atoms with Crippen LogP contribution in [0.15, 0.2) is 42.5 Å². The van der Waals surface area contributed by atoms with Crippen molar-refractivity contribution in [2.75, 3.05) is 0 Å². The largest absolute Gasteiger partial charge is 0.469 e. The summed E-state index contributed by atoms with van der Waals surface area (Å²) in [5.41, 5.74) is 0. The Balaban J connectivity index is 2.71. The molecule has 0 heterocycles. The number of halogens is 8. The molecule has 4 nitrogen and oxygen atoms in total. The van der Waals surface area contributed by atoms with Crippen molar-refractivity contribution in [3.05, 3.63) is 42.5 Å². The Labute approximate surface area is 146 Å². The summed E-state index contributed by atoms with van der Waals surface area (Å²) in [5, 5.41) is 0. The fourth-order valence-corrected chi connectivity index (χ4v) is 1.52. The summed E-state index contributed by atoms with van der Waals surface area (Å²) >= 11 is 0. The Morgan fingerprint density at radius 3 is 1.96 bits per heavy atom. The number of carbonyl (C=O) groups excluding carboxylic acids is 2. The highest BCUT2D eigenvalue weighted by molar-refractivity contribution is 5.92. The normalized spacial score (nSPS) is 14.1. The van der Waals surface area contributed by atoms with E-state index in [9.17, 15) is 44.7 Å². The zero-order chi connectivity index (χ0) is 20.9. The molecular weight excluding hydrogens is 396 g/mol. The van der Waals surface area contributed by atoms with E-state index in [1.807, 2.05) is 0 Å². The molecule has 0 aromatic heterocycles. The highest BCUT2D eigenvalue weighted by Crippen LogP contribution is 2.43. The van der Waals surface area contributed by atoms with E-state index in [0.717, 1.165) is 0 Å². The van der Waals surface area contributed by atoms with Gasteiger partial charge in [0.25, 0.3) is 0 Å². The maximum atomic E-state index is 13.2. The fourth-order valence-electron chi connectivity index (χ4n) is 1.52. The van der Waals surface area contributed by atoms with Crippen LogP contribution in [0.3, 0.4) is 0 Å². The molecule has 1 aromatic rings. The number of hydrogen-bond donors (Lipinski definition) is 0. The summed E-state index contributed by atoms with van der Waals surface area (Å²) in [6.45, 7) is 0. The van der Waals surface area contributed by atoms with Crippen molar-refractivity contribution in [2.45, 2.75) is 30.8 Å². The van der Waals surface area contributed by atoms with Crippen LogP contribution in [-0.2, 0) is 14.3 Å². The van der Waals surface area contributed by atoms with E-state index in [2.05, 4.69) is 9.47 Å². The standard InChI is InChI=1S/C15H10F8O4/c16-10(8-13(17,18)19)14(20,21)15(22,23)27-12(25)7-6-11(24)26-9-4-2-1-3-5-9/h1-7,10H,8H2. The van der Waals surface area contributed by atoms with Crippen LogP contribution in [0.4, 0.5) is 35.1 Å². The third-order valence-corrected chi connectivity index (χ3v) is 2.74. The predicted octanol–water partition coefficient (Wildman–Crippen LogP) is 4.21. The molecule has 0 aliphatic heterocycles. The number of alkyl halides is 8. The topological polar surface area (TPSA) is 52.6 Å². The van der Waals surface area contributed by atoms with E-state index in [-0.39, 0.29) is 17.9 Å². The van der Waals surface area contributed by atoms with Crippen molar-refractivity contribution in [3.8, 4) is 5.75 Å². The van der Waals surface area contributed by atoms with Gasteiger partial charge in [0.2, 0.25) is 0 Å². The maximum Gasteiger partial charge on any atom is 0.469 e. The predicted molar refractivity (Wildman–Crippen MR) is 72.8 cm³/mol. The molecule has 1 unspecified atom stereocenters. The second kappa shape index (κ2) is 8.35. The van der Waals surface area contributed by atoms with Gasteiger partial charge in [-0.1, -0.05) is 18.2 Å². The molecule has 12 heteroatoms. The average molecular weight is 406 g/mol. The van der Waals surface area contributed by atoms with Gasteiger partial charge in [0.15, 0.2) is 6.17 Å². The van der Waals surface area contributed by atoms with Crippen LogP contribution in [0.1, 0.15) is 6.42 Å². The summed E-state index contributed by atoms with van der Waals surface area (Å²) in [5.74, 6) is -9.46. The fraction of sp³-hybridized carbons (Fsp3) is 0.333. The number of carbonyl (C=O) groups is 2. The first-order valence-corrected chi connectivity index (χ1v) is 6.89. The zero-order valence-corrected chi connectivity index (χ0v) is 13.0. The molecule has 0 N–H and O–H groups in total.